The quantitative estimate of drug-likeness (QED) is 0.841. The molecule has 110 valence electrons. The molecule has 19 heavy (non-hydrogen) atoms. The van der Waals surface area contributed by atoms with Gasteiger partial charge in [0.1, 0.15) is 0 Å². The second-order valence-corrected chi connectivity index (χ2v) is 7.34. The zero-order chi connectivity index (χ0) is 13.1. The van der Waals surface area contributed by atoms with E-state index in [1.54, 1.807) is 0 Å². The number of nitrogens with one attached hydrogen (secondary N) is 1. The molecule has 3 rings (SSSR count). The first-order valence-electron chi connectivity index (χ1n) is 8.42. The topological polar surface area (TPSA) is 18.5 Å². The fraction of sp³-hybridized carbons (Fsp3) is 1.00. The Bertz CT molecular complexity index is 272. The van der Waals surface area contributed by atoms with Gasteiger partial charge in [0.15, 0.2) is 0 Å². The Hall–Kier alpha value is -0.120. The minimum atomic E-state index is 0.540. The summed E-state index contributed by atoms with van der Waals surface area (Å²) in [6, 6.07) is 0.894. The molecule has 0 amide bonds. The Labute approximate surface area is 118 Å². The second kappa shape index (κ2) is 6.11. The summed E-state index contributed by atoms with van der Waals surface area (Å²) in [7, 11) is 0. The van der Waals surface area contributed by atoms with Gasteiger partial charge in [-0.05, 0) is 70.2 Å². The van der Waals surface area contributed by atoms with Crippen LogP contribution in [0, 0.1) is 5.41 Å². The van der Waals surface area contributed by atoms with Crippen LogP contribution in [0.4, 0.5) is 0 Å². The molecule has 0 aromatic carbocycles. The lowest BCUT2D eigenvalue weighted by Gasteiger charge is -2.42. The third-order valence-corrected chi connectivity index (χ3v) is 5.53. The highest BCUT2D eigenvalue weighted by Gasteiger charge is 2.33. The van der Waals surface area contributed by atoms with E-state index in [9.17, 15) is 0 Å². The molecule has 1 unspecified atom stereocenters. The monoisotopic (exact) mass is 265 g/mol. The van der Waals surface area contributed by atoms with Crippen molar-refractivity contribution in [3.63, 3.8) is 0 Å². The Morgan fingerprint density at radius 2 is 1.79 bits per heavy atom. The van der Waals surface area contributed by atoms with Gasteiger partial charge in [-0.2, -0.15) is 0 Å². The molecule has 0 aromatic rings. The van der Waals surface area contributed by atoms with Crippen molar-refractivity contribution in [1.82, 2.24) is 15.1 Å². The van der Waals surface area contributed by atoms with Crippen LogP contribution in [0.2, 0.25) is 0 Å². The van der Waals surface area contributed by atoms with Gasteiger partial charge in [0.05, 0.1) is 0 Å². The van der Waals surface area contributed by atoms with Gasteiger partial charge < -0.3 is 15.1 Å². The fourth-order valence-electron chi connectivity index (χ4n) is 4.27. The number of likely N-dealkylation sites (tertiary alicyclic amines) is 2. The average molecular weight is 265 g/mol. The van der Waals surface area contributed by atoms with E-state index in [0.29, 0.717) is 5.41 Å². The molecule has 0 radical (unpaired) electrons. The van der Waals surface area contributed by atoms with Crippen LogP contribution in [-0.4, -0.2) is 61.7 Å². The van der Waals surface area contributed by atoms with Crippen LogP contribution in [0.1, 0.15) is 45.4 Å². The van der Waals surface area contributed by atoms with Gasteiger partial charge in [0.25, 0.3) is 0 Å². The molecule has 3 heteroatoms. The highest BCUT2D eigenvalue weighted by Crippen LogP contribution is 2.28. The zero-order valence-corrected chi connectivity index (χ0v) is 12.7. The summed E-state index contributed by atoms with van der Waals surface area (Å²) >= 11 is 0. The molecular weight excluding hydrogens is 234 g/mol. The van der Waals surface area contributed by atoms with Gasteiger partial charge in [0.2, 0.25) is 0 Å². The van der Waals surface area contributed by atoms with Crippen molar-refractivity contribution in [3.8, 4) is 0 Å². The van der Waals surface area contributed by atoms with Crippen molar-refractivity contribution >= 4 is 0 Å². The van der Waals surface area contributed by atoms with Crippen molar-refractivity contribution in [1.29, 1.82) is 0 Å². The highest BCUT2D eigenvalue weighted by molar-refractivity contribution is 4.89. The molecule has 0 bridgehead atoms. The van der Waals surface area contributed by atoms with Crippen molar-refractivity contribution in [2.24, 2.45) is 5.41 Å². The van der Waals surface area contributed by atoms with Crippen molar-refractivity contribution in [3.05, 3.63) is 0 Å². The van der Waals surface area contributed by atoms with Crippen LogP contribution >= 0.6 is 0 Å². The van der Waals surface area contributed by atoms with Gasteiger partial charge in [-0.1, -0.05) is 13.3 Å². The summed E-state index contributed by atoms with van der Waals surface area (Å²) in [6.45, 7) is 11.6. The van der Waals surface area contributed by atoms with Gasteiger partial charge in [-0.25, -0.2) is 0 Å². The Balaban J connectivity index is 1.44. The zero-order valence-electron chi connectivity index (χ0n) is 12.7. The predicted octanol–water partition coefficient (Wildman–Crippen LogP) is 1.94. The fourth-order valence-corrected chi connectivity index (χ4v) is 4.27. The molecule has 0 spiro atoms. The lowest BCUT2D eigenvalue weighted by Crippen LogP contribution is -2.49. The Kier molecular flexibility index (Phi) is 4.45. The third kappa shape index (κ3) is 3.50. The average Bonchev–Trinajstić information content (AvgIpc) is 2.87. The van der Waals surface area contributed by atoms with E-state index in [2.05, 4.69) is 22.0 Å². The SMILES string of the molecule is CC1(CN2CCC(N3CCCCC3)CC2)CCNC1. The van der Waals surface area contributed by atoms with Gasteiger partial charge >= 0.3 is 0 Å². The number of rotatable bonds is 3. The van der Waals surface area contributed by atoms with Crippen LogP contribution in [-0.2, 0) is 0 Å². The first-order valence-corrected chi connectivity index (χ1v) is 8.42. The molecule has 0 aromatic heterocycles. The number of piperidine rings is 2. The number of hydrogen-bond acceptors (Lipinski definition) is 3. The standard InChI is InChI=1S/C16H31N3/c1-16(7-8-17-13-16)14-18-11-5-15(6-12-18)19-9-3-2-4-10-19/h15,17H,2-14H2,1H3. The molecule has 3 fully saturated rings. The summed E-state index contributed by atoms with van der Waals surface area (Å²) in [5, 5.41) is 3.53. The summed E-state index contributed by atoms with van der Waals surface area (Å²) < 4.78 is 0. The predicted molar refractivity (Wildman–Crippen MR) is 80.5 cm³/mol. The second-order valence-electron chi connectivity index (χ2n) is 7.34. The molecule has 3 nitrogen and oxygen atoms in total. The first kappa shape index (κ1) is 13.8. The van der Waals surface area contributed by atoms with Gasteiger partial charge in [0, 0.05) is 19.1 Å². The van der Waals surface area contributed by atoms with Crippen LogP contribution in [0.25, 0.3) is 0 Å². The minimum Gasteiger partial charge on any atom is -0.316 e. The van der Waals surface area contributed by atoms with Crippen LogP contribution < -0.4 is 5.32 Å². The van der Waals surface area contributed by atoms with Crippen LogP contribution in [0.5, 0.6) is 0 Å². The molecule has 3 aliphatic heterocycles. The smallest absolute Gasteiger partial charge is 0.0120 e. The largest absolute Gasteiger partial charge is 0.316 e. The van der Waals surface area contributed by atoms with Gasteiger partial charge in [-0.15, -0.1) is 0 Å². The minimum absolute atomic E-state index is 0.540. The summed E-state index contributed by atoms with van der Waals surface area (Å²) in [6.07, 6.45) is 8.50. The normalized spacial score (nSPS) is 35.8. The van der Waals surface area contributed by atoms with E-state index in [0.717, 1.165) is 6.04 Å². The molecule has 0 saturated carbocycles. The highest BCUT2D eigenvalue weighted by atomic mass is 15.2. The molecule has 1 N–H and O–H groups in total. The molecule has 3 heterocycles. The van der Waals surface area contributed by atoms with Crippen molar-refractivity contribution in [2.45, 2.75) is 51.5 Å². The third-order valence-electron chi connectivity index (χ3n) is 5.53. The molecule has 0 aliphatic carbocycles. The van der Waals surface area contributed by atoms with E-state index in [1.807, 2.05) is 0 Å². The number of hydrogen-bond donors (Lipinski definition) is 1. The molecular formula is C16H31N3. The molecule has 1 atom stereocenters. The summed E-state index contributed by atoms with van der Waals surface area (Å²) in [4.78, 5) is 5.51. The van der Waals surface area contributed by atoms with Crippen molar-refractivity contribution in [2.75, 3.05) is 45.8 Å². The maximum atomic E-state index is 3.53. The Morgan fingerprint density at radius 1 is 1.05 bits per heavy atom. The van der Waals surface area contributed by atoms with E-state index in [-0.39, 0.29) is 0 Å². The van der Waals surface area contributed by atoms with Crippen LogP contribution in [0.3, 0.4) is 0 Å². The van der Waals surface area contributed by atoms with Crippen molar-refractivity contribution < 1.29 is 0 Å². The lowest BCUT2D eigenvalue weighted by atomic mass is 9.88. The van der Waals surface area contributed by atoms with Crippen LogP contribution in [0.15, 0.2) is 0 Å². The molecule has 3 saturated heterocycles. The maximum Gasteiger partial charge on any atom is 0.0120 e. The van der Waals surface area contributed by atoms with Gasteiger partial charge in [-0.3, -0.25) is 0 Å². The van der Waals surface area contributed by atoms with E-state index in [4.69, 9.17) is 0 Å². The lowest BCUT2D eigenvalue weighted by molar-refractivity contribution is 0.0743. The Morgan fingerprint density at radius 3 is 2.42 bits per heavy atom. The first-order chi connectivity index (χ1) is 9.25. The van der Waals surface area contributed by atoms with E-state index in [1.165, 1.54) is 84.3 Å². The van der Waals surface area contributed by atoms with E-state index < -0.39 is 0 Å². The van der Waals surface area contributed by atoms with E-state index >= 15 is 0 Å². The maximum absolute atomic E-state index is 3.53. The summed E-state index contributed by atoms with van der Waals surface area (Å²) in [5.74, 6) is 0. The molecule has 3 aliphatic rings. The summed E-state index contributed by atoms with van der Waals surface area (Å²) in [5.41, 5.74) is 0.540. The number of nitrogens with zero attached hydrogens (tertiary/aromatic N) is 2.